The van der Waals surface area contributed by atoms with Gasteiger partial charge >= 0.3 is 0 Å². The van der Waals surface area contributed by atoms with Crippen molar-refractivity contribution in [3.05, 3.63) is 16.6 Å². The van der Waals surface area contributed by atoms with Crippen LogP contribution in [0.15, 0.2) is 11.7 Å². The molecule has 3 nitrogen and oxygen atoms in total. The van der Waals surface area contributed by atoms with E-state index in [1.54, 1.807) is 11.3 Å². The third-order valence-corrected chi connectivity index (χ3v) is 4.53. The van der Waals surface area contributed by atoms with E-state index < -0.39 is 0 Å². The maximum atomic E-state index is 4.13. The zero-order chi connectivity index (χ0) is 11.5. The Balaban J connectivity index is 1.86. The lowest BCUT2D eigenvalue weighted by molar-refractivity contribution is 0.164. The molecule has 16 heavy (non-hydrogen) atoms. The third-order valence-electron chi connectivity index (χ3n) is 3.57. The van der Waals surface area contributed by atoms with Gasteiger partial charge in [0.2, 0.25) is 0 Å². The van der Waals surface area contributed by atoms with E-state index in [2.05, 4.69) is 36.1 Å². The van der Waals surface area contributed by atoms with E-state index in [1.807, 2.05) is 11.7 Å². The number of likely N-dealkylation sites (tertiary alicyclic amines) is 1. The molecule has 3 unspecified atom stereocenters. The van der Waals surface area contributed by atoms with E-state index >= 15 is 0 Å². The minimum atomic E-state index is 0.438. The van der Waals surface area contributed by atoms with Crippen molar-refractivity contribution < 1.29 is 0 Å². The van der Waals surface area contributed by atoms with Gasteiger partial charge in [0.25, 0.3) is 0 Å². The number of rotatable bonds is 3. The van der Waals surface area contributed by atoms with Crippen molar-refractivity contribution in [1.29, 1.82) is 0 Å². The fraction of sp³-hybridized carbons (Fsp3) is 0.750. The Bertz CT molecular complexity index is 312. The Kier molecular flexibility index (Phi) is 3.95. The molecule has 2 rings (SSSR count). The lowest BCUT2D eigenvalue weighted by atomic mass is 9.98. The number of thiazole rings is 1. The third kappa shape index (κ3) is 2.81. The molecule has 0 spiro atoms. The Hall–Kier alpha value is -0.450. The number of nitrogens with one attached hydrogen (secondary N) is 1. The molecule has 1 aliphatic heterocycles. The second-order valence-electron chi connectivity index (χ2n) is 4.84. The highest BCUT2D eigenvalue weighted by Crippen LogP contribution is 2.21. The fourth-order valence-electron chi connectivity index (χ4n) is 2.32. The van der Waals surface area contributed by atoms with Crippen LogP contribution in [-0.4, -0.2) is 35.6 Å². The molecule has 4 heteroatoms. The average Bonchev–Trinajstić information content (AvgIpc) is 2.77. The van der Waals surface area contributed by atoms with E-state index in [1.165, 1.54) is 24.3 Å². The summed E-state index contributed by atoms with van der Waals surface area (Å²) in [5.74, 6) is 0. The number of piperidine rings is 1. The largest absolute Gasteiger partial charge is 0.307 e. The standard InChI is InChI=1S/C12H21N3S/c1-9-6-11(4-5-15(9)3)14-10(2)12-7-13-8-16-12/h7-11,14H,4-6H2,1-3H3. The Morgan fingerprint density at radius 3 is 3.06 bits per heavy atom. The van der Waals surface area contributed by atoms with Crippen LogP contribution in [0.2, 0.25) is 0 Å². The van der Waals surface area contributed by atoms with Crippen molar-refractivity contribution in [1.82, 2.24) is 15.2 Å². The minimum Gasteiger partial charge on any atom is -0.307 e. The number of hydrogen-bond donors (Lipinski definition) is 1. The molecule has 1 aliphatic rings. The summed E-state index contributed by atoms with van der Waals surface area (Å²) >= 11 is 1.74. The second-order valence-corrected chi connectivity index (χ2v) is 5.76. The number of hydrogen-bond acceptors (Lipinski definition) is 4. The molecular formula is C12H21N3S. The van der Waals surface area contributed by atoms with Gasteiger partial charge in [0, 0.05) is 29.2 Å². The predicted molar refractivity (Wildman–Crippen MR) is 68.8 cm³/mol. The molecule has 1 fully saturated rings. The molecule has 0 radical (unpaired) electrons. The molecule has 1 aromatic rings. The molecule has 0 bridgehead atoms. The van der Waals surface area contributed by atoms with Crippen LogP contribution in [0.25, 0.3) is 0 Å². The molecule has 1 N–H and O–H groups in total. The number of nitrogens with zero attached hydrogens (tertiary/aromatic N) is 2. The first-order valence-electron chi connectivity index (χ1n) is 6.01. The zero-order valence-electron chi connectivity index (χ0n) is 10.3. The van der Waals surface area contributed by atoms with Crippen LogP contribution in [0, 0.1) is 0 Å². The quantitative estimate of drug-likeness (QED) is 0.877. The molecule has 0 aromatic carbocycles. The molecule has 0 aliphatic carbocycles. The zero-order valence-corrected chi connectivity index (χ0v) is 11.1. The molecule has 0 amide bonds. The summed E-state index contributed by atoms with van der Waals surface area (Å²) in [6.07, 6.45) is 4.48. The Morgan fingerprint density at radius 1 is 1.62 bits per heavy atom. The Morgan fingerprint density at radius 2 is 2.44 bits per heavy atom. The van der Waals surface area contributed by atoms with Gasteiger partial charge in [-0.05, 0) is 40.3 Å². The first-order valence-corrected chi connectivity index (χ1v) is 6.89. The molecule has 3 atom stereocenters. The van der Waals surface area contributed by atoms with Crippen LogP contribution in [0.4, 0.5) is 0 Å². The lowest BCUT2D eigenvalue weighted by Gasteiger charge is -2.36. The Labute approximate surface area is 102 Å². The van der Waals surface area contributed by atoms with Gasteiger partial charge in [0.05, 0.1) is 5.51 Å². The van der Waals surface area contributed by atoms with Crippen molar-refractivity contribution in [3.8, 4) is 0 Å². The molecular weight excluding hydrogens is 218 g/mol. The van der Waals surface area contributed by atoms with Crippen molar-refractivity contribution in [3.63, 3.8) is 0 Å². The van der Waals surface area contributed by atoms with Gasteiger partial charge in [-0.3, -0.25) is 4.98 Å². The maximum absolute atomic E-state index is 4.13. The van der Waals surface area contributed by atoms with Crippen LogP contribution < -0.4 is 5.32 Å². The molecule has 1 aromatic heterocycles. The van der Waals surface area contributed by atoms with E-state index in [9.17, 15) is 0 Å². The highest BCUT2D eigenvalue weighted by molar-refractivity contribution is 7.09. The summed E-state index contributed by atoms with van der Waals surface area (Å²) in [7, 11) is 2.22. The van der Waals surface area contributed by atoms with Crippen LogP contribution in [0.1, 0.15) is 37.6 Å². The van der Waals surface area contributed by atoms with Gasteiger partial charge in [0.15, 0.2) is 0 Å². The highest BCUT2D eigenvalue weighted by Gasteiger charge is 2.24. The smallest absolute Gasteiger partial charge is 0.0794 e. The van der Waals surface area contributed by atoms with Crippen molar-refractivity contribution in [2.45, 2.75) is 44.8 Å². The van der Waals surface area contributed by atoms with Crippen LogP contribution in [0.5, 0.6) is 0 Å². The van der Waals surface area contributed by atoms with Gasteiger partial charge in [0.1, 0.15) is 0 Å². The normalized spacial score (nSPS) is 29.2. The first kappa shape index (κ1) is 12.0. The van der Waals surface area contributed by atoms with Gasteiger partial charge < -0.3 is 10.2 Å². The summed E-state index contributed by atoms with van der Waals surface area (Å²) in [5.41, 5.74) is 1.91. The van der Waals surface area contributed by atoms with Crippen molar-refractivity contribution >= 4 is 11.3 Å². The summed E-state index contributed by atoms with van der Waals surface area (Å²) < 4.78 is 0. The van der Waals surface area contributed by atoms with Crippen molar-refractivity contribution in [2.75, 3.05) is 13.6 Å². The van der Waals surface area contributed by atoms with Gasteiger partial charge in [-0.25, -0.2) is 0 Å². The summed E-state index contributed by atoms with van der Waals surface area (Å²) in [5, 5.41) is 3.72. The average molecular weight is 239 g/mol. The first-order chi connectivity index (χ1) is 7.66. The van der Waals surface area contributed by atoms with E-state index in [0.29, 0.717) is 18.1 Å². The second kappa shape index (κ2) is 5.25. The monoisotopic (exact) mass is 239 g/mol. The SMILES string of the molecule is CC(NC1CCN(C)C(C)C1)c1cncs1. The van der Waals surface area contributed by atoms with E-state index in [-0.39, 0.29) is 0 Å². The number of aromatic nitrogens is 1. The van der Waals surface area contributed by atoms with E-state index in [4.69, 9.17) is 0 Å². The summed E-state index contributed by atoms with van der Waals surface area (Å²) in [6, 6.07) is 1.79. The van der Waals surface area contributed by atoms with Gasteiger partial charge in [-0.1, -0.05) is 0 Å². The van der Waals surface area contributed by atoms with E-state index in [0.717, 1.165) is 0 Å². The van der Waals surface area contributed by atoms with Gasteiger partial charge in [-0.15, -0.1) is 11.3 Å². The summed E-state index contributed by atoms with van der Waals surface area (Å²) in [4.78, 5) is 7.91. The molecule has 90 valence electrons. The van der Waals surface area contributed by atoms with Crippen molar-refractivity contribution in [2.24, 2.45) is 0 Å². The predicted octanol–water partition coefficient (Wildman–Crippen LogP) is 2.28. The minimum absolute atomic E-state index is 0.438. The maximum Gasteiger partial charge on any atom is 0.0794 e. The van der Waals surface area contributed by atoms with Crippen LogP contribution in [-0.2, 0) is 0 Å². The molecule has 1 saturated heterocycles. The molecule has 2 heterocycles. The molecule has 0 saturated carbocycles. The topological polar surface area (TPSA) is 28.2 Å². The lowest BCUT2D eigenvalue weighted by Crippen LogP contribution is -2.46. The van der Waals surface area contributed by atoms with Gasteiger partial charge in [-0.2, -0.15) is 0 Å². The fourth-order valence-corrected chi connectivity index (χ4v) is 2.95. The highest BCUT2D eigenvalue weighted by atomic mass is 32.1. The summed E-state index contributed by atoms with van der Waals surface area (Å²) in [6.45, 7) is 5.75. The van der Waals surface area contributed by atoms with Crippen LogP contribution in [0.3, 0.4) is 0 Å². The van der Waals surface area contributed by atoms with Crippen LogP contribution >= 0.6 is 11.3 Å².